The Morgan fingerprint density at radius 1 is 1.17 bits per heavy atom. The summed E-state index contributed by atoms with van der Waals surface area (Å²) in [6.45, 7) is 1.34. The molecular formula is C18H20FN3O6S. The highest BCUT2D eigenvalue weighted by Gasteiger charge is 2.29. The van der Waals surface area contributed by atoms with Gasteiger partial charge in [0.25, 0.3) is 10.1 Å². The summed E-state index contributed by atoms with van der Waals surface area (Å²) in [6, 6.07) is 2.73. The zero-order valence-corrected chi connectivity index (χ0v) is 16.2. The summed E-state index contributed by atoms with van der Waals surface area (Å²) in [6.07, 6.45) is 3.05. The van der Waals surface area contributed by atoms with Crippen LogP contribution < -0.4 is 10.3 Å². The molecule has 1 aromatic carbocycles. The molecule has 9 nitrogen and oxygen atoms in total. The maximum absolute atomic E-state index is 14.8. The van der Waals surface area contributed by atoms with E-state index in [1.807, 2.05) is 0 Å². The second-order valence-corrected chi connectivity index (χ2v) is 8.87. The molecule has 4 rings (SSSR count). The van der Waals surface area contributed by atoms with Crippen LogP contribution in [0.4, 0.5) is 10.1 Å². The van der Waals surface area contributed by atoms with Crippen LogP contribution in [0, 0.1) is 5.82 Å². The molecule has 0 unspecified atom stereocenters. The highest BCUT2D eigenvalue weighted by molar-refractivity contribution is 7.85. The lowest BCUT2D eigenvalue weighted by molar-refractivity contribution is 0.0694. The molecule has 2 N–H and O–H groups in total. The number of fused-ring (bicyclic) bond motifs is 1. The van der Waals surface area contributed by atoms with Gasteiger partial charge in [0.2, 0.25) is 5.43 Å². The largest absolute Gasteiger partial charge is 0.477 e. The van der Waals surface area contributed by atoms with Crippen molar-refractivity contribution >= 4 is 32.7 Å². The molecule has 1 aliphatic heterocycles. The molecule has 2 fully saturated rings. The third kappa shape index (κ3) is 3.98. The first-order chi connectivity index (χ1) is 13.6. The van der Waals surface area contributed by atoms with Gasteiger partial charge in [0.1, 0.15) is 17.3 Å². The van der Waals surface area contributed by atoms with Crippen LogP contribution in [0.25, 0.3) is 10.9 Å². The van der Waals surface area contributed by atoms with Crippen molar-refractivity contribution in [2.45, 2.75) is 18.9 Å². The van der Waals surface area contributed by atoms with Crippen LogP contribution >= 0.6 is 0 Å². The third-order valence-corrected chi connectivity index (χ3v) is 6.02. The summed E-state index contributed by atoms with van der Waals surface area (Å²) in [4.78, 5) is 27.2. The Hall–Kier alpha value is -2.50. The number of carboxylic acids is 1. The van der Waals surface area contributed by atoms with Crippen LogP contribution in [0.5, 0.6) is 0 Å². The third-order valence-electron chi connectivity index (χ3n) is 5.33. The molecule has 2 aliphatic rings. The number of hydrogen-bond donors (Lipinski definition) is 2. The number of piperazine rings is 1. The summed E-state index contributed by atoms with van der Waals surface area (Å²) in [5.74, 6) is -2.45. The van der Waals surface area contributed by atoms with Gasteiger partial charge in [-0.2, -0.15) is 8.42 Å². The Balaban J connectivity index is 1.71. The zero-order chi connectivity index (χ0) is 20.9. The fraction of sp³-hybridized carbons (Fsp3) is 0.444. The lowest BCUT2D eigenvalue weighted by Gasteiger charge is -2.35. The van der Waals surface area contributed by atoms with E-state index in [0.29, 0.717) is 31.7 Å². The van der Waals surface area contributed by atoms with Crippen molar-refractivity contribution in [3.8, 4) is 0 Å². The van der Waals surface area contributed by atoms with E-state index in [4.69, 9.17) is 4.55 Å². The number of carboxylic acid groups (broad SMARTS) is 1. The van der Waals surface area contributed by atoms with Gasteiger partial charge in [-0.3, -0.25) is 14.2 Å². The monoisotopic (exact) mass is 425 g/mol. The summed E-state index contributed by atoms with van der Waals surface area (Å²) in [5, 5.41) is 9.34. The van der Waals surface area contributed by atoms with Gasteiger partial charge in [0.05, 0.1) is 11.2 Å². The number of anilines is 1. The minimum Gasteiger partial charge on any atom is -0.477 e. The van der Waals surface area contributed by atoms with Crippen LogP contribution in [0.2, 0.25) is 0 Å². The van der Waals surface area contributed by atoms with Crippen molar-refractivity contribution in [3.63, 3.8) is 0 Å². The van der Waals surface area contributed by atoms with E-state index in [0.717, 1.165) is 18.9 Å². The Morgan fingerprint density at radius 2 is 1.83 bits per heavy atom. The standard InChI is InChI=1S/C18H20FN3O6S/c19-14-7-12-15(22(11-1-2-11)9-13(17(12)23)18(24)25)8-16(14)21-5-3-20(4-6-21)10-29(26,27)28/h7-9,11H,1-6,10H2,(H,24,25)(H,26,27,28). The second kappa shape index (κ2) is 7.08. The van der Waals surface area contributed by atoms with Crippen LogP contribution in [0.3, 0.4) is 0 Å². The molecule has 1 aliphatic carbocycles. The van der Waals surface area contributed by atoms with Crippen molar-refractivity contribution in [1.29, 1.82) is 0 Å². The minimum absolute atomic E-state index is 0.0306. The Labute approximate surface area is 165 Å². The average molecular weight is 425 g/mol. The fourth-order valence-electron chi connectivity index (χ4n) is 3.76. The maximum atomic E-state index is 14.8. The van der Waals surface area contributed by atoms with Gasteiger partial charge in [-0.1, -0.05) is 0 Å². The Kier molecular flexibility index (Phi) is 4.83. The summed E-state index contributed by atoms with van der Waals surface area (Å²) < 4.78 is 47.6. The number of halogens is 1. The number of nitrogens with zero attached hydrogens (tertiary/aromatic N) is 3. The fourth-order valence-corrected chi connectivity index (χ4v) is 4.48. The smallest absolute Gasteiger partial charge is 0.341 e. The number of pyridine rings is 1. The second-order valence-electron chi connectivity index (χ2n) is 7.45. The predicted molar refractivity (Wildman–Crippen MR) is 104 cm³/mol. The summed E-state index contributed by atoms with van der Waals surface area (Å²) >= 11 is 0. The van der Waals surface area contributed by atoms with Gasteiger partial charge in [0.15, 0.2) is 0 Å². The lowest BCUT2D eigenvalue weighted by Crippen LogP contribution is -2.48. The maximum Gasteiger partial charge on any atom is 0.341 e. The molecule has 0 spiro atoms. The molecule has 156 valence electrons. The molecule has 1 aromatic heterocycles. The van der Waals surface area contributed by atoms with E-state index in [1.54, 1.807) is 20.4 Å². The summed E-state index contributed by atoms with van der Waals surface area (Å²) in [5.41, 5.74) is -0.330. The highest BCUT2D eigenvalue weighted by atomic mass is 32.2. The first-order valence-electron chi connectivity index (χ1n) is 9.18. The highest BCUT2D eigenvalue weighted by Crippen LogP contribution is 2.38. The molecule has 0 bridgehead atoms. The van der Waals surface area contributed by atoms with E-state index in [1.165, 1.54) is 6.20 Å². The number of benzene rings is 1. The molecule has 2 heterocycles. The van der Waals surface area contributed by atoms with E-state index < -0.39 is 33.2 Å². The van der Waals surface area contributed by atoms with E-state index in [9.17, 15) is 27.5 Å². The van der Waals surface area contributed by atoms with Gasteiger partial charge in [-0.15, -0.1) is 0 Å². The average Bonchev–Trinajstić information content (AvgIpc) is 3.46. The van der Waals surface area contributed by atoms with Crippen molar-refractivity contribution < 1.29 is 27.3 Å². The van der Waals surface area contributed by atoms with Crippen LogP contribution in [-0.2, 0) is 10.1 Å². The van der Waals surface area contributed by atoms with E-state index >= 15 is 0 Å². The van der Waals surface area contributed by atoms with Crippen LogP contribution in [-0.4, -0.2) is 65.6 Å². The predicted octanol–water partition coefficient (Wildman–Crippen LogP) is 1.14. The number of hydrogen-bond acceptors (Lipinski definition) is 6. The molecule has 1 saturated carbocycles. The molecule has 1 saturated heterocycles. The lowest BCUT2D eigenvalue weighted by atomic mass is 10.1. The molecule has 2 aromatic rings. The van der Waals surface area contributed by atoms with Crippen molar-refractivity contribution in [1.82, 2.24) is 9.47 Å². The van der Waals surface area contributed by atoms with Gasteiger partial charge >= 0.3 is 5.97 Å². The van der Waals surface area contributed by atoms with Gasteiger partial charge in [0, 0.05) is 43.8 Å². The van der Waals surface area contributed by atoms with E-state index in [-0.39, 0.29) is 22.7 Å². The van der Waals surface area contributed by atoms with Crippen molar-refractivity contribution in [2.75, 3.05) is 37.0 Å². The summed E-state index contributed by atoms with van der Waals surface area (Å²) in [7, 11) is -4.12. The molecule has 0 radical (unpaired) electrons. The quantitative estimate of drug-likeness (QED) is 0.685. The number of carbonyl (C=O) groups is 1. The van der Waals surface area contributed by atoms with Crippen LogP contribution in [0.15, 0.2) is 23.1 Å². The van der Waals surface area contributed by atoms with Crippen molar-refractivity contribution in [3.05, 3.63) is 39.9 Å². The molecule has 0 atom stereocenters. The molecule has 0 amide bonds. The van der Waals surface area contributed by atoms with Gasteiger partial charge in [-0.05, 0) is 25.0 Å². The van der Waals surface area contributed by atoms with Gasteiger partial charge < -0.3 is 14.6 Å². The normalized spacial score (nSPS) is 18.3. The number of aromatic carboxylic acids is 1. The Bertz CT molecular complexity index is 1150. The zero-order valence-electron chi connectivity index (χ0n) is 15.4. The SMILES string of the molecule is O=C(O)c1cn(C2CC2)c2cc(N3CCN(CS(=O)(=O)O)CC3)c(F)cc2c1=O. The van der Waals surface area contributed by atoms with Gasteiger partial charge in [-0.25, -0.2) is 9.18 Å². The topological polar surface area (TPSA) is 120 Å². The molecular weight excluding hydrogens is 405 g/mol. The van der Waals surface area contributed by atoms with Crippen molar-refractivity contribution in [2.24, 2.45) is 0 Å². The Morgan fingerprint density at radius 3 is 2.38 bits per heavy atom. The number of rotatable bonds is 5. The minimum atomic E-state index is -4.12. The number of aromatic nitrogens is 1. The first kappa shape index (κ1) is 19.8. The molecule has 29 heavy (non-hydrogen) atoms. The first-order valence-corrected chi connectivity index (χ1v) is 10.8. The van der Waals surface area contributed by atoms with Crippen LogP contribution in [0.1, 0.15) is 29.2 Å². The van der Waals surface area contributed by atoms with E-state index in [2.05, 4.69) is 0 Å². The molecule has 11 heteroatoms.